The van der Waals surface area contributed by atoms with Crippen LogP contribution in [0.2, 0.25) is 0 Å². The average molecular weight is 457 g/mol. The number of ether oxygens (including phenoxy) is 5. The van der Waals surface area contributed by atoms with E-state index in [0.29, 0.717) is 48.1 Å². The van der Waals surface area contributed by atoms with Crippen molar-refractivity contribution in [3.8, 4) is 34.3 Å². The van der Waals surface area contributed by atoms with E-state index in [1.807, 2.05) is 53.1 Å². The normalized spacial score (nSPS) is 13.8. The Balaban J connectivity index is 1.71. The summed E-state index contributed by atoms with van der Waals surface area (Å²) in [5.74, 6) is 2.43. The molecule has 0 fully saturated rings. The summed E-state index contributed by atoms with van der Waals surface area (Å²) in [5, 5.41) is 1.38. The molecule has 0 N–H and O–H groups in total. The first kappa shape index (κ1) is 20.6. The number of hydrogen-bond acceptors (Lipinski definition) is 6. The van der Waals surface area contributed by atoms with E-state index < -0.39 is 0 Å². The summed E-state index contributed by atoms with van der Waals surface area (Å²) >= 11 is 0. The van der Waals surface area contributed by atoms with Gasteiger partial charge in [-0.25, -0.2) is 0 Å². The van der Waals surface area contributed by atoms with Gasteiger partial charge in [0.1, 0.15) is 0 Å². The zero-order valence-corrected chi connectivity index (χ0v) is 18.9. The molecule has 0 atom stereocenters. The highest BCUT2D eigenvalue weighted by Crippen LogP contribution is 2.43. The first-order valence-corrected chi connectivity index (χ1v) is 11.0. The number of benzene rings is 3. The average Bonchev–Trinajstić information content (AvgIpc) is 3.25. The summed E-state index contributed by atoms with van der Waals surface area (Å²) < 4.78 is 30.3. The molecule has 4 aromatic rings. The summed E-state index contributed by atoms with van der Waals surface area (Å²) in [5.41, 5.74) is 4.48. The first-order valence-electron chi connectivity index (χ1n) is 11.0. The maximum atomic E-state index is 14.0. The third-order valence-electron chi connectivity index (χ3n) is 6.42. The third-order valence-corrected chi connectivity index (χ3v) is 6.42. The van der Waals surface area contributed by atoms with Crippen LogP contribution in [0.4, 0.5) is 0 Å². The molecule has 2 aliphatic heterocycles. The molecule has 0 bridgehead atoms. The number of nitrogens with zero attached hydrogens (tertiary/aromatic N) is 1. The van der Waals surface area contributed by atoms with Crippen LogP contribution in [0.3, 0.4) is 0 Å². The van der Waals surface area contributed by atoms with Gasteiger partial charge in [0.05, 0.1) is 45.1 Å². The van der Waals surface area contributed by atoms with E-state index in [0.717, 1.165) is 33.3 Å². The number of rotatable bonds is 4. The number of methoxy groups -OCH3 is 2. The maximum absolute atomic E-state index is 14.0. The number of aromatic nitrogens is 1. The second kappa shape index (κ2) is 8.11. The van der Waals surface area contributed by atoms with Crippen molar-refractivity contribution in [2.45, 2.75) is 19.8 Å². The zero-order chi connectivity index (χ0) is 23.2. The van der Waals surface area contributed by atoms with Crippen molar-refractivity contribution in [3.05, 3.63) is 81.6 Å². The van der Waals surface area contributed by atoms with E-state index in [1.165, 1.54) is 0 Å². The van der Waals surface area contributed by atoms with E-state index in [2.05, 4.69) is 0 Å². The van der Waals surface area contributed by atoms with Crippen molar-refractivity contribution in [1.29, 1.82) is 0 Å². The highest BCUT2D eigenvalue weighted by atomic mass is 16.7. The Labute approximate surface area is 196 Å². The fourth-order valence-corrected chi connectivity index (χ4v) is 4.80. The standard InChI is InChI=1S/C27H23NO6/c1-30-22-8-17-13-32-14-21-19-10-24-25(34-15-33-24)11-20(19)27(29)28(12-16-6-4-3-5-7-16)26(21)18(17)9-23(22)31-2/h3-11H,12-15H2,1-2H3. The van der Waals surface area contributed by atoms with Gasteiger partial charge >= 0.3 is 0 Å². The van der Waals surface area contributed by atoms with Crippen molar-refractivity contribution < 1.29 is 23.7 Å². The Morgan fingerprint density at radius 3 is 2.32 bits per heavy atom. The lowest BCUT2D eigenvalue weighted by atomic mass is 9.96. The van der Waals surface area contributed by atoms with Gasteiger partial charge in [0.15, 0.2) is 23.0 Å². The zero-order valence-electron chi connectivity index (χ0n) is 18.9. The molecular formula is C27H23NO6. The molecule has 2 aliphatic rings. The molecule has 6 rings (SSSR count). The van der Waals surface area contributed by atoms with Gasteiger partial charge in [-0.3, -0.25) is 4.79 Å². The van der Waals surface area contributed by atoms with E-state index in [-0.39, 0.29) is 12.4 Å². The molecular weight excluding hydrogens is 434 g/mol. The Bertz CT molecular complexity index is 1470. The largest absolute Gasteiger partial charge is 0.493 e. The lowest BCUT2D eigenvalue weighted by molar-refractivity contribution is 0.110. The monoisotopic (exact) mass is 457 g/mol. The van der Waals surface area contributed by atoms with Gasteiger partial charge in [-0.05, 0) is 40.8 Å². The number of hydrogen-bond donors (Lipinski definition) is 0. The lowest BCUT2D eigenvalue weighted by Crippen LogP contribution is -2.24. The molecule has 0 saturated heterocycles. The molecule has 34 heavy (non-hydrogen) atoms. The minimum atomic E-state index is -0.0986. The first-order chi connectivity index (χ1) is 16.7. The summed E-state index contributed by atoms with van der Waals surface area (Å²) in [7, 11) is 3.22. The molecule has 0 unspecified atom stereocenters. The Hall–Kier alpha value is -3.97. The molecule has 0 radical (unpaired) electrons. The molecule has 3 aromatic carbocycles. The topological polar surface area (TPSA) is 68.2 Å². The van der Waals surface area contributed by atoms with E-state index in [9.17, 15) is 4.79 Å². The maximum Gasteiger partial charge on any atom is 0.259 e. The van der Waals surface area contributed by atoms with Crippen LogP contribution in [-0.4, -0.2) is 25.6 Å². The summed E-state index contributed by atoms with van der Waals surface area (Å²) in [6.07, 6.45) is 0. The SMILES string of the molecule is COc1cc2c(cc1OC)-c1c(c3cc4c(cc3c(=O)n1Cc1ccccc1)OCO4)COC2. The highest BCUT2D eigenvalue weighted by Gasteiger charge is 2.27. The predicted molar refractivity (Wildman–Crippen MR) is 127 cm³/mol. The molecule has 172 valence electrons. The molecule has 3 heterocycles. The van der Waals surface area contributed by atoms with Crippen molar-refractivity contribution >= 4 is 10.8 Å². The Morgan fingerprint density at radius 1 is 0.882 bits per heavy atom. The summed E-state index contributed by atoms with van der Waals surface area (Å²) in [4.78, 5) is 14.0. The molecule has 7 nitrogen and oxygen atoms in total. The van der Waals surface area contributed by atoms with Gasteiger partial charge < -0.3 is 28.3 Å². The fraction of sp³-hybridized carbons (Fsp3) is 0.222. The van der Waals surface area contributed by atoms with Crippen molar-refractivity contribution in [3.63, 3.8) is 0 Å². The molecule has 0 aliphatic carbocycles. The van der Waals surface area contributed by atoms with Gasteiger partial charge in [-0.15, -0.1) is 0 Å². The molecule has 0 amide bonds. The van der Waals surface area contributed by atoms with Crippen molar-refractivity contribution in [2.24, 2.45) is 0 Å². The van der Waals surface area contributed by atoms with E-state index in [4.69, 9.17) is 23.7 Å². The van der Waals surface area contributed by atoms with E-state index in [1.54, 1.807) is 20.3 Å². The summed E-state index contributed by atoms with van der Waals surface area (Å²) in [6.45, 7) is 1.29. The third kappa shape index (κ3) is 3.20. The van der Waals surface area contributed by atoms with Crippen LogP contribution in [0, 0.1) is 0 Å². The quantitative estimate of drug-likeness (QED) is 0.450. The van der Waals surface area contributed by atoms with Crippen LogP contribution < -0.4 is 24.5 Å². The smallest absolute Gasteiger partial charge is 0.259 e. The van der Waals surface area contributed by atoms with Gasteiger partial charge in [0.25, 0.3) is 5.56 Å². The van der Waals surface area contributed by atoms with Crippen LogP contribution in [0.15, 0.2) is 59.4 Å². The van der Waals surface area contributed by atoms with Crippen LogP contribution >= 0.6 is 0 Å². The minimum absolute atomic E-state index is 0.0986. The summed E-state index contributed by atoms with van der Waals surface area (Å²) in [6, 6.07) is 17.5. The Kier molecular flexibility index (Phi) is 4.92. The van der Waals surface area contributed by atoms with Gasteiger partial charge in [0.2, 0.25) is 6.79 Å². The predicted octanol–water partition coefficient (Wildman–Crippen LogP) is 4.49. The van der Waals surface area contributed by atoms with Crippen LogP contribution in [0.25, 0.3) is 22.0 Å². The van der Waals surface area contributed by atoms with Gasteiger partial charge in [0, 0.05) is 11.1 Å². The van der Waals surface area contributed by atoms with Crippen molar-refractivity contribution in [2.75, 3.05) is 21.0 Å². The minimum Gasteiger partial charge on any atom is -0.493 e. The lowest BCUT2D eigenvalue weighted by Gasteiger charge is -2.20. The second-order valence-electron chi connectivity index (χ2n) is 8.31. The van der Waals surface area contributed by atoms with Crippen molar-refractivity contribution in [1.82, 2.24) is 4.57 Å². The molecule has 1 aromatic heterocycles. The highest BCUT2D eigenvalue weighted by molar-refractivity contribution is 5.93. The van der Waals surface area contributed by atoms with E-state index >= 15 is 0 Å². The van der Waals surface area contributed by atoms with Crippen LogP contribution in [0.1, 0.15) is 16.7 Å². The van der Waals surface area contributed by atoms with Gasteiger partial charge in [-0.2, -0.15) is 0 Å². The molecule has 7 heteroatoms. The van der Waals surface area contributed by atoms with Crippen LogP contribution in [-0.2, 0) is 24.5 Å². The van der Waals surface area contributed by atoms with Crippen LogP contribution in [0.5, 0.6) is 23.0 Å². The fourth-order valence-electron chi connectivity index (χ4n) is 4.80. The Morgan fingerprint density at radius 2 is 1.59 bits per heavy atom. The number of pyridine rings is 1. The van der Waals surface area contributed by atoms with Gasteiger partial charge in [-0.1, -0.05) is 30.3 Å². The number of fused-ring (bicyclic) bond motifs is 6. The molecule has 0 saturated carbocycles. The molecule has 0 spiro atoms. The second-order valence-corrected chi connectivity index (χ2v) is 8.31.